The van der Waals surface area contributed by atoms with Crippen LogP contribution in [0.3, 0.4) is 0 Å². The average Bonchev–Trinajstić information content (AvgIpc) is 2.80. The first-order valence-electron chi connectivity index (χ1n) is 12.3. The number of aromatic nitrogens is 2. The third-order valence-electron chi connectivity index (χ3n) is 5.89. The maximum Gasteiger partial charge on any atom is 0.272 e. The third-order valence-corrected chi connectivity index (χ3v) is 5.89. The number of rotatable bonds is 5. The molecule has 2 N–H and O–H groups in total. The predicted molar refractivity (Wildman–Crippen MR) is 126 cm³/mol. The van der Waals surface area contributed by atoms with E-state index in [9.17, 15) is 19.2 Å². The van der Waals surface area contributed by atoms with Crippen LogP contribution in [-0.2, 0) is 9.59 Å². The van der Waals surface area contributed by atoms with Gasteiger partial charge < -0.3 is 15.4 Å². The van der Waals surface area contributed by atoms with E-state index in [1.54, 1.807) is 0 Å². The van der Waals surface area contributed by atoms with Crippen LogP contribution >= 0.6 is 0 Å². The van der Waals surface area contributed by atoms with E-state index >= 15 is 0 Å². The van der Waals surface area contributed by atoms with Crippen LogP contribution in [0.5, 0.6) is 0 Å². The molecule has 182 valence electrons. The fraction of sp³-hybridized carbons (Fsp3) is 0.680. The summed E-state index contributed by atoms with van der Waals surface area (Å²) in [5.74, 6) is -0.813. The quantitative estimate of drug-likeness (QED) is 0.648. The lowest BCUT2D eigenvalue weighted by molar-refractivity contribution is -0.126. The Balaban J connectivity index is 2.15. The first kappa shape index (κ1) is 26.6. The Morgan fingerprint density at radius 2 is 1.64 bits per heavy atom. The molecule has 0 unspecified atom stereocenters. The molecule has 8 heteroatoms. The highest BCUT2D eigenvalue weighted by atomic mass is 16.2. The molecular weight excluding hydrogens is 420 g/mol. The number of ketones is 1. The Hall–Kier alpha value is -2.64. The van der Waals surface area contributed by atoms with Crippen LogP contribution in [0, 0.1) is 5.92 Å². The van der Waals surface area contributed by atoms with E-state index < -0.39 is 18.0 Å². The van der Waals surface area contributed by atoms with Crippen molar-refractivity contribution in [2.24, 2.45) is 5.92 Å². The number of nitrogens with zero attached hydrogens (tertiary/aromatic N) is 2. The van der Waals surface area contributed by atoms with Crippen molar-refractivity contribution in [3.05, 3.63) is 23.8 Å². The van der Waals surface area contributed by atoms with Gasteiger partial charge >= 0.3 is 0 Å². The number of hydrogen-bond donors (Lipinski definition) is 2. The van der Waals surface area contributed by atoms with Crippen molar-refractivity contribution in [2.45, 2.75) is 103 Å². The summed E-state index contributed by atoms with van der Waals surface area (Å²) in [6.07, 6.45) is 14.0. The average molecular weight is 459 g/mol. The second-order valence-electron chi connectivity index (χ2n) is 9.34. The molecule has 1 aliphatic rings. The molecule has 1 aliphatic heterocycles. The molecule has 2 atom stereocenters. The summed E-state index contributed by atoms with van der Waals surface area (Å²) in [5.41, 5.74) is 0.177. The summed E-state index contributed by atoms with van der Waals surface area (Å²) < 4.78 is 0. The van der Waals surface area contributed by atoms with Gasteiger partial charge in [0.25, 0.3) is 5.91 Å². The molecule has 1 aromatic heterocycles. The van der Waals surface area contributed by atoms with Crippen LogP contribution in [0.4, 0.5) is 0 Å². The number of amides is 2. The van der Waals surface area contributed by atoms with E-state index in [0.29, 0.717) is 19.3 Å². The second kappa shape index (κ2) is 14.5. The standard InChI is InChI=1S/C25H38N4O4/c1-18(2)14-19(17-30)27-24(32)20-12-10-8-6-4-3-5-7-9-11-13-23(31)21-15-26-16-22(28-21)25(33)29-20/h15-20H,3-14H2,1-2H3,(H,27,32)(H,29,33)/t19-,20-/m0/s1. The maximum atomic E-state index is 12.9. The first-order chi connectivity index (χ1) is 15.9. The molecule has 0 fully saturated rings. The van der Waals surface area contributed by atoms with E-state index in [1.165, 1.54) is 18.8 Å². The summed E-state index contributed by atoms with van der Waals surface area (Å²) in [6, 6.07) is -1.38. The molecule has 33 heavy (non-hydrogen) atoms. The number of fused-ring (bicyclic) bond motifs is 2. The molecule has 0 saturated heterocycles. The Morgan fingerprint density at radius 1 is 1.03 bits per heavy atom. The van der Waals surface area contributed by atoms with Crippen LogP contribution in [0.1, 0.15) is 112 Å². The SMILES string of the molecule is CC(C)C[C@@H](C=O)NC(=O)[C@@H]1CCCCCCCCCCCC(=O)c2cncc(n2)C(=O)N1. The van der Waals surface area contributed by atoms with Gasteiger partial charge in [-0.15, -0.1) is 0 Å². The molecule has 1 aromatic rings. The molecule has 0 aromatic carbocycles. The van der Waals surface area contributed by atoms with Crippen molar-refractivity contribution in [1.29, 1.82) is 0 Å². The van der Waals surface area contributed by atoms with Gasteiger partial charge in [0.05, 0.1) is 18.4 Å². The predicted octanol–water partition coefficient (Wildman–Crippen LogP) is 3.79. The molecule has 2 heterocycles. The lowest BCUT2D eigenvalue weighted by Gasteiger charge is -2.21. The Labute approximate surface area is 196 Å². The Kier molecular flexibility index (Phi) is 11.7. The number of nitrogens with one attached hydrogen (secondary N) is 2. The fourth-order valence-electron chi connectivity index (χ4n) is 4.05. The summed E-state index contributed by atoms with van der Waals surface area (Å²) in [6.45, 7) is 3.96. The van der Waals surface area contributed by atoms with Crippen molar-refractivity contribution in [2.75, 3.05) is 0 Å². The number of Topliss-reactive ketones (excluding diaryl/α,β-unsaturated/α-hetero) is 1. The smallest absolute Gasteiger partial charge is 0.272 e. The summed E-state index contributed by atoms with van der Waals surface area (Å²) >= 11 is 0. The Morgan fingerprint density at radius 3 is 2.27 bits per heavy atom. The summed E-state index contributed by atoms with van der Waals surface area (Å²) in [7, 11) is 0. The van der Waals surface area contributed by atoms with Crippen LogP contribution in [0.15, 0.2) is 12.4 Å². The van der Waals surface area contributed by atoms with Gasteiger partial charge in [-0.3, -0.25) is 19.4 Å². The molecule has 0 aliphatic carbocycles. The minimum atomic E-state index is -0.785. The van der Waals surface area contributed by atoms with Crippen molar-refractivity contribution in [3.8, 4) is 0 Å². The molecule has 0 spiro atoms. The zero-order valence-corrected chi connectivity index (χ0v) is 20.0. The molecule has 0 saturated carbocycles. The van der Waals surface area contributed by atoms with Crippen LogP contribution in [0.2, 0.25) is 0 Å². The number of carbonyl (C=O) groups is 4. The maximum absolute atomic E-state index is 12.9. The highest BCUT2D eigenvalue weighted by molar-refractivity contribution is 5.98. The van der Waals surface area contributed by atoms with Gasteiger partial charge in [-0.25, -0.2) is 4.98 Å². The van der Waals surface area contributed by atoms with Gasteiger partial charge in [-0.1, -0.05) is 65.2 Å². The molecule has 2 amide bonds. The van der Waals surface area contributed by atoms with Gasteiger partial charge in [0, 0.05) is 6.42 Å². The zero-order valence-electron chi connectivity index (χ0n) is 20.0. The van der Waals surface area contributed by atoms with Crippen LogP contribution < -0.4 is 10.6 Å². The molecule has 0 radical (unpaired) electrons. The second-order valence-corrected chi connectivity index (χ2v) is 9.34. The minimum absolute atomic E-state index is 0.00823. The van der Waals surface area contributed by atoms with Crippen molar-refractivity contribution < 1.29 is 19.2 Å². The van der Waals surface area contributed by atoms with Gasteiger partial charge in [0.2, 0.25) is 5.91 Å². The van der Waals surface area contributed by atoms with Crippen molar-refractivity contribution in [3.63, 3.8) is 0 Å². The lowest BCUT2D eigenvalue weighted by Crippen LogP contribution is -2.50. The largest absolute Gasteiger partial charge is 0.345 e. The van der Waals surface area contributed by atoms with E-state index in [1.807, 2.05) is 13.8 Å². The molecule has 2 bridgehead atoms. The van der Waals surface area contributed by atoms with Gasteiger partial charge in [0.15, 0.2) is 5.78 Å². The van der Waals surface area contributed by atoms with Crippen LogP contribution in [0.25, 0.3) is 0 Å². The van der Waals surface area contributed by atoms with Crippen molar-refractivity contribution >= 4 is 23.9 Å². The first-order valence-corrected chi connectivity index (χ1v) is 12.3. The van der Waals surface area contributed by atoms with Crippen LogP contribution in [-0.4, -0.2) is 45.9 Å². The molecule has 8 nitrogen and oxygen atoms in total. The normalized spacial score (nSPS) is 20.3. The van der Waals surface area contributed by atoms with Gasteiger partial charge in [-0.05, 0) is 25.2 Å². The highest BCUT2D eigenvalue weighted by Gasteiger charge is 2.25. The van der Waals surface area contributed by atoms with Gasteiger partial charge in [-0.2, -0.15) is 0 Å². The van der Waals surface area contributed by atoms with E-state index in [2.05, 4.69) is 20.6 Å². The zero-order chi connectivity index (χ0) is 24.1. The minimum Gasteiger partial charge on any atom is -0.345 e. The Bertz CT molecular complexity index is 796. The van der Waals surface area contributed by atoms with E-state index in [0.717, 1.165) is 57.7 Å². The number of aldehydes is 1. The van der Waals surface area contributed by atoms with Crippen molar-refractivity contribution in [1.82, 2.24) is 20.6 Å². The van der Waals surface area contributed by atoms with Gasteiger partial charge in [0.1, 0.15) is 23.7 Å². The third kappa shape index (κ3) is 9.80. The molecule has 2 rings (SSSR count). The number of carbonyl (C=O) groups excluding carboxylic acids is 4. The van der Waals surface area contributed by atoms with E-state index in [-0.39, 0.29) is 29.0 Å². The number of hydrogen-bond acceptors (Lipinski definition) is 6. The van der Waals surface area contributed by atoms with E-state index in [4.69, 9.17) is 0 Å². The topological polar surface area (TPSA) is 118 Å². The fourth-order valence-corrected chi connectivity index (χ4v) is 4.05. The summed E-state index contributed by atoms with van der Waals surface area (Å²) in [4.78, 5) is 57.9. The highest BCUT2D eigenvalue weighted by Crippen LogP contribution is 2.14. The summed E-state index contributed by atoms with van der Waals surface area (Å²) in [5, 5.41) is 5.50. The monoisotopic (exact) mass is 458 g/mol. The lowest BCUT2D eigenvalue weighted by atomic mass is 10.0. The molecular formula is C25H38N4O4.